The van der Waals surface area contributed by atoms with Crippen molar-refractivity contribution in [3.05, 3.63) is 48.5 Å². The number of amides is 2. The van der Waals surface area contributed by atoms with E-state index in [-0.39, 0.29) is 12.4 Å². The summed E-state index contributed by atoms with van der Waals surface area (Å²) in [7, 11) is -3.27. The fourth-order valence-corrected chi connectivity index (χ4v) is 5.07. The number of carbonyl (C=O) groups excluding carboxylic acids is 2. The van der Waals surface area contributed by atoms with Crippen LogP contribution in [0.25, 0.3) is 0 Å². The van der Waals surface area contributed by atoms with Gasteiger partial charge in [0.1, 0.15) is 22.7 Å². The molecule has 2 saturated heterocycles. The number of rotatable bonds is 12. The Morgan fingerprint density at radius 3 is 1.49 bits per heavy atom. The van der Waals surface area contributed by atoms with E-state index in [9.17, 15) is 18.0 Å². The summed E-state index contributed by atoms with van der Waals surface area (Å²) < 4.78 is 52.4. The van der Waals surface area contributed by atoms with E-state index in [4.69, 9.17) is 28.8 Å². The van der Waals surface area contributed by atoms with Crippen LogP contribution >= 0.6 is 0 Å². The van der Waals surface area contributed by atoms with E-state index < -0.39 is 33.5 Å². The van der Waals surface area contributed by atoms with Crippen LogP contribution in [0.1, 0.15) is 54.4 Å². The maximum absolute atomic E-state index is 11.7. The molecular formula is C37H60N4O11S. The number of anilines is 2. The van der Waals surface area contributed by atoms with Crippen molar-refractivity contribution in [1.29, 1.82) is 0 Å². The Morgan fingerprint density at radius 1 is 0.698 bits per heavy atom. The van der Waals surface area contributed by atoms with Crippen molar-refractivity contribution in [2.24, 2.45) is 0 Å². The minimum Gasteiger partial charge on any atom is -0.508 e. The van der Waals surface area contributed by atoms with Crippen LogP contribution in [0.15, 0.2) is 48.5 Å². The van der Waals surface area contributed by atoms with Crippen LogP contribution in [0.3, 0.4) is 0 Å². The lowest BCUT2D eigenvalue weighted by Crippen LogP contribution is -2.37. The molecule has 0 radical (unpaired) electrons. The third-order valence-electron chi connectivity index (χ3n) is 7.02. The second-order valence-electron chi connectivity index (χ2n) is 14.3. The first kappa shape index (κ1) is 45.5. The van der Waals surface area contributed by atoms with E-state index in [0.717, 1.165) is 90.5 Å². The molecule has 2 aromatic rings. The monoisotopic (exact) mass is 768 g/mol. The first-order valence-corrected chi connectivity index (χ1v) is 19.6. The molecule has 0 saturated carbocycles. The predicted molar refractivity (Wildman–Crippen MR) is 204 cm³/mol. The SMILES string of the molecule is CC(C)(C)OC(=O)Nc1ccc(O)cc1.CC(C)(C)OC(=O)Nc1ccc(OCCCN2CCOCC2)cc1.CS(=O)(=O)OCCCN1CCOCC1. The van der Waals surface area contributed by atoms with Gasteiger partial charge in [0.05, 0.1) is 45.9 Å². The van der Waals surface area contributed by atoms with Gasteiger partial charge in [0.2, 0.25) is 0 Å². The largest absolute Gasteiger partial charge is 0.508 e. The van der Waals surface area contributed by atoms with E-state index in [1.54, 1.807) is 45.0 Å². The highest BCUT2D eigenvalue weighted by atomic mass is 32.2. The maximum Gasteiger partial charge on any atom is 0.412 e. The number of phenolic OH excluding ortho intramolecular Hbond substituents is 1. The van der Waals surface area contributed by atoms with Crippen molar-refractivity contribution in [2.45, 2.75) is 65.6 Å². The van der Waals surface area contributed by atoms with Crippen molar-refractivity contribution >= 4 is 33.7 Å². The highest BCUT2D eigenvalue weighted by Crippen LogP contribution is 2.18. The summed E-state index contributed by atoms with van der Waals surface area (Å²) in [6.07, 6.45) is 1.84. The molecule has 0 aliphatic carbocycles. The minimum absolute atomic E-state index is 0.157. The smallest absolute Gasteiger partial charge is 0.412 e. The molecule has 4 rings (SSSR count). The Morgan fingerprint density at radius 2 is 1.09 bits per heavy atom. The van der Waals surface area contributed by atoms with Crippen LogP contribution < -0.4 is 15.4 Å². The standard InChI is InChI=1S/C18H28N2O4.C11H15NO3.C8H17NO4S/c1-18(2,3)24-17(21)19-15-5-7-16(8-6-15)23-12-4-9-20-10-13-22-14-11-20;1-11(2,3)15-10(14)12-8-4-6-9(13)7-5-8;1-14(10,11)13-6-2-3-9-4-7-12-8-5-9/h5-8H,4,9-14H2,1-3H3,(H,19,21);4-7,13H,1-3H3,(H,12,14);2-8H2,1H3. The number of phenols is 1. The van der Waals surface area contributed by atoms with Crippen molar-refractivity contribution in [3.8, 4) is 11.5 Å². The quantitative estimate of drug-likeness (QED) is 0.139. The van der Waals surface area contributed by atoms with Crippen molar-refractivity contribution in [1.82, 2.24) is 9.80 Å². The number of aromatic hydroxyl groups is 1. The summed E-state index contributed by atoms with van der Waals surface area (Å²) >= 11 is 0. The van der Waals surface area contributed by atoms with Gasteiger partial charge in [0.25, 0.3) is 10.1 Å². The number of hydrogen-bond donors (Lipinski definition) is 3. The predicted octanol–water partition coefficient (Wildman–Crippen LogP) is 5.56. The van der Waals surface area contributed by atoms with Crippen LogP contribution in [0.2, 0.25) is 0 Å². The topological polar surface area (TPSA) is 174 Å². The van der Waals surface area contributed by atoms with E-state index in [1.807, 2.05) is 32.9 Å². The van der Waals surface area contributed by atoms with Crippen LogP contribution in [0, 0.1) is 0 Å². The van der Waals surface area contributed by atoms with E-state index in [1.165, 1.54) is 12.1 Å². The van der Waals surface area contributed by atoms with Crippen LogP contribution in [0.4, 0.5) is 21.0 Å². The van der Waals surface area contributed by atoms with E-state index in [2.05, 4.69) is 24.6 Å². The summed E-state index contributed by atoms with van der Waals surface area (Å²) in [6, 6.07) is 13.5. The zero-order chi connectivity index (χ0) is 39.3. The molecule has 15 nitrogen and oxygen atoms in total. The average Bonchev–Trinajstić information content (AvgIpc) is 3.06. The number of hydrogen-bond acceptors (Lipinski definition) is 13. The zero-order valence-corrected chi connectivity index (χ0v) is 33.2. The Kier molecular flexibility index (Phi) is 19.9. The van der Waals surface area contributed by atoms with Gasteiger partial charge in [-0.3, -0.25) is 24.6 Å². The molecule has 0 atom stereocenters. The van der Waals surface area contributed by atoms with Gasteiger partial charge >= 0.3 is 12.2 Å². The van der Waals surface area contributed by atoms with Gasteiger partial charge in [-0.15, -0.1) is 0 Å². The summed E-state index contributed by atoms with van der Waals surface area (Å²) in [5, 5.41) is 14.3. The average molecular weight is 769 g/mol. The molecule has 3 N–H and O–H groups in total. The molecule has 0 unspecified atom stereocenters. The second kappa shape index (κ2) is 23.2. The van der Waals surface area contributed by atoms with E-state index >= 15 is 0 Å². The first-order valence-electron chi connectivity index (χ1n) is 17.8. The molecule has 0 aromatic heterocycles. The van der Waals surface area contributed by atoms with Crippen molar-refractivity contribution < 1.29 is 51.0 Å². The minimum atomic E-state index is -3.27. The fraction of sp³-hybridized carbons (Fsp3) is 0.622. The number of carbonyl (C=O) groups is 2. The highest BCUT2D eigenvalue weighted by molar-refractivity contribution is 7.85. The van der Waals surface area contributed by atoms with Crippen LogP contribution in [-0.4, -0.2) is 132 Å². The molecule has 2 aliphatic rings. The number of nitrogens with one attached hydrogen (secondary N) is 2. The van der Waals surface area contributed by atoms with Gasteiger partial charge in [-0.2, -0.15) is 8.42 Å². The second-order valence-corrected chi connectivity index (χ2v) is 16.0. The number of nitrogens with zero attached hydrogens (tertiary/aromatic N) is 2. The number of ether oxygens (including phenoxy) is 5. The lowest BCUT2D eigenvalue weighted by Gasteiger charge is -2.26. The van der Waals surface area contributed by atoms with Gasteiger partial charge in [-0.05, 0) is 103 Å². The number of morpholine rings is 2. The van der Waals surface area contributed by atoms with Gasteiger partial charge in [-0.1, -0.05) is 0 Å². The number of benzene rings is 2. The first-order chi connectivity index (χ1) is 24.9. The third kappa shape index (κ3) is 24.3. The maximum atomic E-state index is 11.7. The van der Waals surface area contributed by atoms with Gasteiger partial charge in [0.15, 0.2) is 0 Å². The Bertz CT molecular complexity index is 1430. The molecule has 16 heteroatoms. The molecule has 0 spiro atoms. The van der Waals surface area contributed by atoms with Crippen LogP contribution in [0.5, 0.6) is 11.5 Å². The fourth-order valence-electron chi connectivity index (χ4n) is 4.65. The molecule has 2 aliphatic heterocycles. The summed E-state index contributed by atoms with van der Waals surface area (Å²) in [5.74, 6) is 0.955. The van der Waals surface area contributed by atoms with Gasteiger partial charge < -0.3 is 28.8 Å². The van der Waals surface area contributed by atoms with Crippen LogP contribution in [-0.2, 0) is 33.2 Å². The van der Waals surface area contributed by atoms with Gasteiger partial charge in [-0.25, -0.2) is 9.59 Å². The van der Waals surface area contributed by atoms with Gasteiger partial charge in [0, 0.05) is 50.6 Å². The molecule has 53 heavy (non-hydrogen) atoms. The molecule has 0 bridgehead atoms. The zero-order valence-electron chi connectivity index (χ0n) is 32.4. The Labute approximate surface area is 315 Å². The van der Waals surface area contributed by atoms with Crippen molar-refractivity contribution in [2.75, 3.05) is 95.8 Å². The lowest BCUT2D eigenvalue weighted by atomic mass is 10.2. The summed E-state index contributed by atoms with van der Waals surface area (Å²) in [4.78, 5) is 27.6. The summed E-state index contributed by atoms with van der Waals surface area (Å²) in [5.41, 5.74) is 0.251. The Hall–Kier alpha value is -3.67. The molecule has 2 fully saturated rings. The molecule has 2 amide bonds. The molecule has 300 valence electrons. The van der Waals surface area contributed by atoms with Crippen molar-refractivity contribution in [3.63, 3.8) is 0 Å². The highest BCUT2D eigenvalue weighted by Gasteiger charge is 2.17. The molecule has 2 heterocycles. The van der Waals surface area contributed by atoms with E-state index in [0.29, 0.717) is 18.0 Å². The molecule has 2 aromatic carbocycles. The third-order valence-corrected chi connectivity index (χ3v) is 7.62. The Balaban J connectivity index is 0.000000291. The lowest BCUT2D eigenvalue weighted by molar-refractivity contribution is 0.0358. The molecular weight excluding hydrogens is 708 g/mol. The summed E-state index contributed by atoms with van der Waals surface area (Å²) in [6.45, 7) is 20.8. The normalized spacial score (nSPS) is 15.5.